The summed E-state index contributed by atoms with van der Waals surface area (Å²) in [5.74, 6) is 0.983. The second kappa shape index (κ2) is 6.33. The monoisotopic (exact) mass is 285 g/mol. The Kier molecular flexibility index (Phi) is 4.77. The Balaban J connectivity index is 2.04. The summed E-state index contributed by atoms with van der Waals surface area (Å²) in [6.45, 7) is 2.19. The Bertz CT molecular complexity index is 455. The quantitative estimate of drug-likeness (QED) is 0.884. The molecule has 0 bridgehead atoms. The molecule has 4 nitrogen and oxygen atoms in total. The Morgan fingerprint density at radius 1 is 1.50 bits per heavy atom. The third kappa shape index (κ3) is 3.32. The van der Waals surface area contributed by atoms with Crippen molar-refractivity contribution in [1.29, 1.82) is 0 Å². The second-order valence-corrected chi connectivity index (χ2v) is 5.49. The average Bonchev–Trinajstić information content (AvgIpc) is 2.90. The highest BCUT2D eigenvalue weighted by atomic mass is 35.5. The summed E-state index contributed by atoms with van der Waals surface area (Å²) >= 11 is 7.74. The van der Waals surface area contributed by atoms with Gasteiger partial charge in [0.15, 0.2) is 0 Å². The molecule has 2 aromatic rings. The Morgan fingerprint density at radius 3 is 2.89 bits per heavy atom. The lowest BCUT2D eigenvalue weighted by Crippen LogP contribution is -2.27. The van der Waals surface area contributed by atoms with Crippen molar-refractivity contribution in [1.82, 2.24) is 14.5 Å². The van der Waals surface area contributed by atoms with Crippen LogP contribution in [-0.4, -0.2) is 32.7 Å². The third-order valence-corrected chi connectivity index (χ3v) is 4.13. The van der Waals surface area contributed by atoms with Gasteiger partial charge < -0.3 is 9.67 Å². The van der Waals surface area contributed by atoms with Gasteiger partial charge in [0.25, 0.3) is 0 Å². The lowest BCUT2D eigenvalue weighted by molar-refractivity contribution is 0.181. The molecule has 0 amide bonds. The first kappa shape index (κ1) is 13.5. The van der Waals surface area contributed by atoms with E-state index >= 15 is 0 Å². The summed E-state index contributed by atoms with van der Waals surface area (Å²) in [7, 11) is 1.97. The molecule has 2 aromatic heterocycles. The highest BCUT2D eigenvalue weighted by Gasteiger charge is 2.12. The molecule has 18 heavy (non-hydrogen) atoms. The van der Waals surface area contributed by atoms with Gasteiger partial charge in [0.2, 0.25) is 0 Å². The first-order chi connectivity index (χ1) is 8.70. The number of hydrogen-bond acceptors (Lipinski definition) is 4. The predicted octanol–water partition coefficient (Wildman–Crippen LogP) is 2.13. The molecule has 0 aliphatic heterocycles. The van der Waals surface area contributed by atoms with Gasteiger partial charge in [-0.2, -0.15) is 0 Å². The minimum atomic E-state index is 0.132. The number of rotatable bonds is 6. The maximum Gasteiger partial charge on any atom is 0.122 e. The van der Waals surface area contributed by atoms with E-state index < -0.39 is 0 Å². The summed E-state index contributed by atoms with van der Waals surface area (Å²) in [4.78, 5) is 7.56. The van der Waals surface area contributed by atoms with Crippen molar-refractivity contribution in [3.8, 4) is 0 Å². The molecular weight excluding hydrogens is 270 g/mol. The molecule has 0 unspecified atom stereocenters. The fourth-order valence-corrected chi connectivity index (χ4v) is 2.88. The van der Waals surface area contributed by atoms with Crippen LogP contribution >= 0.6 is 22.9 Å². The summed E-state index contributed by atoms with van der Waals surface area (Å²) in [5.41, 5.74) is 0. The van der Waals surface area contributed by atoms with Gasteiger partial charge in [0, 0.05) is 37.4 Å². The third-order valence-electron chi connectivity index (χ3n) is 2.76. The zero-order chi connectivity index (χ0) is 13.0. The summed E-state index contributed by atoms with van der Waals surface area (Å²) in [6, 6.07) is 1.90. The number of imidazole rings is 1. The van der Waals surface area contributed by atoms with Crippen LogP contribution in [0.4, 0.5) is 0 Å². The highest BCUT2D eigenvalue weighted by Crippen LogP contribution is 2.24. The van der Waals surface area contributed by atoms with E-state index in [2.05, 4.69) is 9.88 Å². The van der Waals surface area contributed by atoms with E-state index in [9.17, 15) is 0 Å². The van der Waals surface area contributed by atoms with Crippen LogP contribution in [0.15, 0.2) is 23.8 Å². The first-order valence-electron chi connectivity index (χ1n) is 5.72. The van der Waals surface area contributed by atoms with Gasteiger partial charge in [-0.25, -0.2) is 4.98 Å². The number of aromatic nitrogens is 2. The van der Waals surface area contributed by atoms with E-state index in [0.29, 0.717) is 13.1 Å². The zero-order valence-corrected chi connectivity index (χ0v) is 11.8. The summed E-state index contributed by atoms with van der Waals surface area (Å²) in [5, 5.41) is 11.9. The van der Waals surface area contributed by atoms with Crippen molar-refractivity contribution in [2.45, 2.75) is 13.1 Å². The van der Waals surface area contributed by atoms with Crippen LogP contribution < -0.4 is 0 Å². The fraction of sp³-hybridized carbons (Fsp3) is 0.417. The minimum Gasteiger partial charge on any atom is -0.395 e. The average molecular weight is 286 g/mol. The van der Waals surface area contributed by atoms with E-state index in [1.54, 1.807) is 17.5 Å². The van der Waals surface area contributed by atoms with Crippen molar-refractivity contribution in [2.24, 2.45) is 7.05 Å². The molecule has 0 spiro atoms. The van der Waals surface area contributed by atoms with Gasteiger partial charge in [-0.1, -0.05) is 11.6 Å². The van der Waals surface area contributed by atoms with Gasteiger partial charge in [-0.15, -0.1) is 11.3 Å². The molecule has 0 aliphatic carbocycles. The van der Waals surface area contributed by atoms with E-state index in [0.717, 1.165) is 22.3 Å². The SMILES string of the molecule is Cn1ccnc1CN(CCO)Cc1sccc1Cl. The van der Waals surface area contributed by atoms with Crippen molar-refractivity contribution >= 4 is 22.9 Å². The number of halogens is 1. The van der Waals surface area contributed by atoms with Crippen molar-refractivity contribution in [2.75, 3.05) is 13.2 Å². The van der Waals surface area contributed by atoms with E-state index in [1.807, 2.05) is 29.3 Å². The van der Waals surface area contributed by atoms with Crippen LogP contribution in [0.2, 0.25) is 5.02 Å². The standard InChI is InChI=1S/C12H16ClN3OS/c1-15-4-3-14-12(15)9-16(5-6-17)8-11-10(13)2-7-18-11/h2-4,7,17H,5-6,8-9H2,1H3. The van der Waals surface area contributed by atoms with Gasteiger partial charge >= 0.3 is 0 Å². The Labute approximate surface area is 115 Å². The first-order valence-corrected chi connectivity index (χ1v) is 6.97. The second-order valence-electron chi connectivity index (χ2n) is 4.08. The van der Waals surface area contributed by atoms with Crippen LogP contribution in [0.5, 0.6) is 0 Å². The van der Waals surface area contributed by atoms with Crippen molar-refractivity contribution in [3.05, 3.63) is 39.6 Å². The summed E-state index contributed by atoms with van der Waals surface area (Å²) < 4.78 is 1.99. The molecule has 0 fully saturated rings. The number of nitrogens with zero attached hydrogens (tertiary/aromatic N) is 3. The number of aliphatic hydroxyl groups excluding tert-OH is 1. The maximum atomic E-state index is 9.13. The zero-order valence-electron chi connectivity index (χ0n) is 10.2. The van der Waals surface area contributed by atoms with Crippen molar-refractivity contribution in [3.63, 3.8) is 0 Å². The highest BCUT2D eigenvalue weighted by molar-refractivity contribution is 7.10. The molecular formula is C12H16ClN3OS. The lowest BCUT2D eigenvalue weighted by Gasteiger charge is -2.20. The molecule has 0 saturated carbocycles. The van der Waals surface area contributed by atoms with Crippen molar-refractivity contribution < 1.29 is 5.11 Å². The van der Waals surface area contributed by atoms with E-state index in [4.69, 9.17) is 16.7 Å². The summed E-state index contributed by atoms with van der Waals surface area (Å²) in [6.07, 6.45) is 3.70. The van der Waals surface area contributed by atoms with Crippen LogP contribution in [0.1, 0.15) is 10.7 Å². The topological polar surface area (TPSA) is 41.3 Å². The van der Waals surface area contributed by atoms with Gasteiger partial charge in [0.05, 0.1) is 18.2 Å². The van der Waals surface area contributed by atoms with Gasteiger partial charge in [-0.05, 0) is 11.4 Å². The van der Waals surface area contributed by atoms with E-state index in [-0.39, 0.29) is 6.61 Å². The molecule has 2 rings (SSSR count). The van der Waals surface area contributed by atoms with Gasteiger partial charge in [0.1, 0.15) is 5.82 Å². The Hall–Kier alpha value is -0.880. The lowest BCUT2D eigenvalue weighted by atomic mass is 10.4. The minimum absolute atomic E-state index is 0.132. The molecule has 0 saturated heterocycles. The molecule has 98 valence electrons. The molecule has 1 N–H and O–H groups in total. The maximum absolute atomic E-state index is 9.13. The number of aryl methyl sites for hydroxylation is 1. The molecule has 6 heteroatoms. The Morgan fingerprint density at radius 2 is 2.33 bits per heavy atom. The van der Waals surface area contributed by atoms with E-state index in [1.165, 1.54) is 0 Å². The van der Waals surface area contributed by atoms with Crippen LogP contribution in [0.3, 0.4) is 0 Å². The van der Waals surface area contributed by atoms with Gasteiger partial charge in [-0.3, -0.25) is 4.90 Å². The molecule has 0 radical (unpaired) electrons. The fourth-order valence-electron chi connectivity index (χ4n) is 1.75. The normalized spacial score (nSPS) is 11.3. The number of thiophene rings is 1. The van der Waals surface area contributed by atoms with Crippen LogP contribution in [-0.2, 0) is 20.1 Å². The smallest absolute Gasteiger partial charge is 0.122 e. The number of hydrogen-bond donors (Lipinski definition) is 1. The van der Waals surface area contributed by atoms with Crippen LogP contribution in [0.25, 0.3) is 0 Å². The largest absolute Gasteiger partial charge is 0.395 e. The molecule has 0 atom stereocenters. The predicted molar refractivity (Wildman–Crippen MR) is 73.7 cm³/mol. The molecule has 2 heterocycles. The molecule has 0 aromatic carbocycles. The number of aliphatic hydroxyl groups is 1. The van der Waals surface area contributed by atoms with Crippen LogP contribution in [0, 0.1) is 0 Å². The molecule has 0 aliphatic rings.